The lowest BCUT2D eigenvalue weighted by Gasteiger charge is -2.35. The number of nitrogens with one attached hydrogen (secondary N) is 1. The Kier molecular flexibility index (Phi) is 8.03. The van der Waals surface area contributed by atoms with Gasteiger partial charge in [0.15, 0.2) is 0 Å². The lowest BCUT2D eigenvalue weighted by atomic mass is 9.74. The van der Waals surface area contributed by atoms with Gasteiger partial charge in [0, 0.05) is 29.7 Å². The first kappa shape index (κ1) is 28.3. The van der Waals surface area contributed by atoms with Crippen molar-refractivity contribution in [3.05, 3.63) is 47.0 Å². The molecule has 12 heteroatoms. The zero-order valence-corrected chi connectivity index (χ0v) is 23.8. The number of ether oxygens (including phenoxy) is 3. The number of amides is 3. The van der Waals surface area contributed by atoms with Crippen molar-refractivity contribution < 1.29 is 38.5 Å². The maximum Gasteiger partial charge on any atom is 0.313 e. The third-order valence-corrected chi connectivity index (χ3v) is 8.50. The molecule has 1 spiro atoms. The molecule has 2 N–H and O–H groups in total. The summed E-state index contributed by atoms with van der Waals surface area (Å²) < 4.78 is 17.9. The van der Waals surface area contributed by atoms with Crippen LogP contribution in [-0.2, 0) is 28.7 Å². The van der Waals surface area contributed by atoms with Gasteiger partial charge in [-0.25, -0.2) is 0 Å². The minimum Gasteiger partial charge on any atom is -0.497 e. The molecule has 214 valence electrons. The number of fused-ring (bicyclic) bond motifs is 2. The topological polar surface area (TPSA) is 135 Å². The summed E-state index contributed by atoms with van der Waals surface area (Å²) in [5, 5.41) is 12.6. The highest BCUT2D eigenvalue weighted by atomic mass is 79.9. The molecule has 0 saturated carbocycles. The fraction of sp³-hybridized carbons (Fsp3) is 0.500. The monoisotopic (exact) mass is 617 g/mol. The lowest BCUT2D eigenvalue weighted by molar-refractivity contribution is -0.158. The van der Waals surface area contributed by atoms with Crippen molar-refractivity contribution >= 4 is 45.3 Å². The van der Waals surface area contributed by atoms with Crippen molar-refractivity contribution in [3.8, 4) is 5.75 Å². The molecular weight excluding hydrogens is 586 g/mol. The first-order chi connectivity index (χ1) is 19.2. The smallest absolute Gasteiger partial charge is 0.313 e. The highest BCUT2D eigenvalue weighted by Crippen LogP contribution is 2.58. The van der Waals surface area contributed by atoms with E-state index in [4.69, 9.17) is 14.2 Å². The molecule has 5 rings (SSSR count). The summed E-state index contributed by atoms with van der Waals surface area (Å²) in [6.07, 6.45) is 4.56. The van der Waals surface area contributed by atoms with Crippen LogP contribution < -0.4 is 15.0 Å². The zero-order valence-electron chi connectivity index (χ0n) is 22.2. The molecule has 5 bridgehead atoms. The van der Waals surface area contributed by atoms with E-state index in [2.05, 4.69) is 21.2 Å². The van der Waals surface area contributed by atoms with E-state index in [9.17, 15) is 24.3 Å². The summed E-state index contributed by atoms with van der Waals surface area (Å²) in [7, 11) is 1.55. The second-order valence-corrected chi connectivity index (χ2v) is 11.2. The number of β-amino-alcohol motifs (C(OH)–C–C–N with tert-alkyl or cyclic N) is 1. The predicted molar refractivity (Wildman–Crippen MR) is 146 cm³/mol. The molecule has 1 aromatic rings. The van der Waals surface area contributed by atoms with Gasteiger partial charge in [-0.1, -0.05) is 28.1 Å². The van der Waals surface area contributed by atoms with Gasteiger partial charge in [-0.15, -0.1) is 0 Å². The van der Waals surface area contributed by atoms with Crippen molar-refractivity contribution in [2.45, 2.75) is 43.6 Å². The van der Waals surface area contributed by atoms with Crippen LogP contribution in [0, 0.1) is 11.8 Å². The molecule has 3 amide bonds. The number of benzene rings is 1. The van der Waals surface area contributed by atoms with Gasteiger partial charge >= 0.3 is 5.97 Å². The number of carbonyl (C=O) groups is 4. The van der Waals surface area contributed by atoms with Gasteiger partial charge in [0.2, 0.25) is 11.8 Å². The number of cyclic esters (lactones) is 1. The molecule has 40 heavy (non-hydrogen) atoms. The summed E-state index contributed by atoms with van der Waals surface area (Å²) in [5.74, 6) is -3.14. The third kappa shape index (κ3) is 4.82. The minimum atomic E-state index is -1.43. The van der Waals surface area contributed by atoms with Gasteiger partial charge in [-0.05, 0) is 43.7 Å². The number of hydrogen-bond donors (Lipinski definition) is 2. The minimum absolute atomic E-state index is 0.108. The van der Waals surface area contributed by atoms with E-state index in [1.54, 1.807) is 50.5 Å². The largest absolute Gasteiger partial charge is 0.497 e. The molecule has 0 radical (unpaired) electrons. The second-order valence-electron chi connectivity index (χ2n) is 10.3. The van der Waals surface area contributed by atoms with E-state index in [0.29, 0.717) is 22.3 Å². The van der Waals surface area contributed by atoms with Gasteiger partial charge in [0.05, 0.1) is 26.2 Å². The Hall–Kier alpha value is -3.22. The number of allylic oxidation sites excluding steroid dienone is 1. The van der Waals surface area contributed by atoms with Gasteiger partial charge in [-0.3, -0.25) is 19.2 Å². The average Bonchev–Trinajstić information content (AvgIpc) is 3.52. The number of likely N-dealkylation sites (tertiary alicyclic amines) is 1. The van der Waals surface area contributed by atoms with E-state index in [1.807, 2.05) is 6.08 Å². The molecule has 11 nitrogen and oxygen atoms in total. The van der Waals surface area contributed by atoms with E-state index in [1.165, 1.54) is 9.80 Å². The van der Waals surface area contributed by atoms with E-state index in [-0.39, 0.29) is 38.6 Å². The number of esters is 1. The molecule has 0 aliphatic carbocycles. The Morgan fingerprint density at radius 1 is 1.15 bits per heavy atom. The Morgan fingerprint density at radius 3 is 2.60 bits per heavy atom. The first-order valence-electron chi connectivity index (χ1n) is 13.3. The zero-order chi connectivity index (χ0) is 28.6. The number of carbonyl (C=O) groups excluding carboxylic acids is 4. The SMILES string of the molecule is COc1ccc(N2C/C=C\CCC(=O)NC[C@H](C)OC(=O)[C@H]3[C@@H]4O[C@@]5(C=C4Br)[C@@H]3C(=O)N(CCO)[C@@H]5C2=O)cc1. The van der Waals surface area contributed by atoms with Gasteiger partial charge in [0.1, 0.15) is 35.5 Å². The molecule has 0 unspecified atom stereocenters. The molecule has 2 fully saturated rings. The summed E-state index contributed by atoms with van der Waals surface area (Å²) in [6, 6.07) is 5.80. The normalized spacial score (nSPS) is 33.4. The molecule has 4 heterocycles. The summed E-state index contributed by atoms with van der Waals surface area (Å²) in [5.41, 5.74) is -0.876. The number of nitrogens with zero attached hydrogens (tertiary/aromatic N) is 2. The molecule has 0 aromatic heterocycles. The van der Waals surface area contributed by atoms with Crippen molar-refractivity contribution in [3.63, 3.8) is 0 Å². The Balaban J connectivity index is 1.60. The van der Waals surface area contributed by atoms with Crippen LogP contribution in [0.2, 0.25) is 0 Å². The van der Waals surface area contributed by atoms with Crippen molar-refractivity contribution in [1.29, 1.82) is 0 Å². The molecule has 2 saturated heterocycles. The molecular formula is C28H32BrN3O8. The number of methoxy groups -OCH3 is 1. The number of hydrogen-bond acceptors (Lipinski definition) is 8. The predicted octanol–water partition coefficient (Wildman–Crippen LogP) is 1.29. The average molecular weight is 618 g/mol. The van der Waals surface area contributed by atoms with Crippen LogP contribution in [0.15, 0.2) is 47.0 Å². The van der Waals surface area contributed by atoms with E-state index in [0.717, 1.165) is 0 Å². The van der Waals surface area contributed by atoms with Gasteiger partial charge in [-0.2, -0.15) is 0 Å². The first-order valence-corrected chi connectivity index (χ1v) is 14.1. The van der Waals surface area contributed by atoms with E-state index >= 15 is 0 Å². The number of halogens is 1. The third-order valence-electron chi connectivity index (χ3n) is 7.82. The van der Waals surface area contributed by atoms with Gasteiger partial charge in [0.25, 0.3) is 5.91 Å². The van der Waals surface area contributed by atoms with Crippen LogP contribution in [0.1, 0.15) is 19.8 Å². The Bertz CT molecular complexity index is 1250. The van der Waals surface area contributed by atoms with Crippen molar-refractivity contribution in [2.75, 3.05) is 38.3 Å². The molecule has 1 aromatic carbocycles. The van der Waals surface area contributed by atoms with Crippen LogP contribution in [0.25, 0.3) is 0 Å². The molecule has 4 aliphatic heterocycles. The van der Waals surface area contributed by atoms with Crippen LogP contribution in [0.4, 0.5) is 5.69 Å². The number of anilines is 1. The second kappa shape index (κ2) is 11.3. The van der Waals surface area contributed by atoms with Gasteiger partial charge < -0.3 is 34.4 Å². The van der Waals surface area contributed by atoms with Crippen LogP contribution >= 0.6 is 15.9 Å². The summed E-state index contributed by atoms with van der Waals surface area (Å²) >= 11 is 3.50. The van der Waals surface area contributed by atoms with Crippen molar-refractivity contribution in [1.82, 2.24) is 10.2 Å². The maximum atomic E-state index is 14.5. The maximum absolute atomic E-state index is 14.5. The van der Waals surface area contributed by atoms with E-state index < -0.39 is 53.5 Å². The summed E-state index contributed by atoms with van der Waals surface area (Å²) in [4.78, 5) is 57.0. The molecule has 6 atom stereocenters. The summed E-state index contributed by atoms with van der Waals surface area (Å²) in [6.45, 7) is 1.46. The fourth-order valence-electron chi connectivity index (χ4n) is 6.02. The van der Waals surface area contributed by atoms with Crippen LogP contribution in [0.3, 0.4) is 0 Å². The standard InChI is InChI=1S/C28H32BrN3O8/c1-16-15-30-20(34)6-4-3-5-11-31(17-7-9-18(38-2)10-8-17)26(36)24-28-14-19(29)23(40-28)21(27(37)39-16)22(28)25(35)32(24)12-13-33/h3,5,7-10,14,16,21-24,33H,4,6,11-13,15H2,1-2H3,(H,30,34)/b5-3-/t16-,21+,22-,23+,24+,28-/m0/s1. The van der Waals surface area contributed by atoms with Crippen LogP contribution in [-0.4, -0.2) is 90.9 Å². The highest BCUT2D eigenvalue weighted by Gasteiger charge is 2.74. The van der Waals surface area contributed by atoms with Crippen molar-refractivity contribution in [2.24, 2.45) is 11.8 Å². The Morgan fingerprint density at radius 2 is 1.90 bits per heavy atom. The molecule has 4 aliphatic rings. The number of rotatable bonds is 4. The number of aliphatic hydroxyl groups excluding tert-OH is 1. The Labute approximate surface area is 240 Å². The number of aliphatic hydroxyl groups is 1. The highest BCUT2D eigenvalue weighted by molar-refractivity contribution is 9.11. The quantitative estimate of drug-likeness (QED) is 0.381. The fourth-order valence-corrected chi connectivity index (χ4v) is 6.76. The van der Waals surface area contributed by atoms with Crippen LogP contribution in [0.5, 0.6) is 5.75 Å². The lowest BCUT2D eigenvalue weighted by Crippen LogP contribution is -2.56.